The Morgan fingerprint density at radius 3 is 2.46 bits per heavy atom. The maximum atomic E-state index is 12.6. The fraction of sp³-hybridized carbons (Fsp3) is 0.529. The molecule has 2 rings (SSSR count). The smallest absolute Gasteiger partial charge is 0.253 e. The minimum atomic E-state index is -3.76. The average Bonchev–Trinajstić information content (AvgIpc) is 2.61. The minimum Gasteiger partial charge on any atom is -0.354 e. The normalized spacial score (nSPS) is 16.2. The summed E-state index contributed by atoms with van der Waals surface area (Å²) >= 11 is 0. The van der Waals surface area contributed by atoms with Gasteiger partial charge in [0.15, 0.2) is 0 Å². The second kappa shape index (κ2) is 7.73. The first-order chi connectivity index (χ1) is 12.1. The van der Waals surface area contributed by atoms with Gasteiger partial charge < -0.3 is 16.0 Å². The highest BCUT2D eigenvalue weighted by Crippen LogP contribution is 2.19. The zero-order valence-electron chi connectivity index (χ0n) is 15.4. The second-order valence-corrected chi connectivity index (χ2v) is 9.18. The van der Waals surface area contributed by atoms with Crippen LogP contribution < -0.4 is 11.1 Å². The second-order valence-electron chi connectivity index (χ2n) is 7.24. The van der Waals surface area contributed by atoms with Gasteiger partial charge in [0.2, 0.25) is 15.9 Å². The van der Waals surface area contributed by atoms with Crippen LogP contribution >= 0.6 is 0 Å². The molecule has 9 heteroatoms. The van der Waals surface area contributed by atoms with Gasteiger partial charge in [-0.1, -0.05) is 13.8 Å². The molecule has 1 aromatic carbocycles. The molecule has 0 aromatic heterocycles. The third-order valence-electron chi connectivity index (χ3n) is 4.31. The van der Waals surface area contributed by atoms with Crippen LogP contribution in [0, 0.1) is 5.41 Å². The molecule has 1 aliphatic heterocycles. The number of hydrogen-bond donors (Lipinski definition) is 2. The van der Waals surface area contributed by atoms with E-state index in [4.69, 9.17) is 5.73 Å². The van der Waals surface area contributed by atoms with Crippen molar-refractivity contribution < 1.29 is 18.0 Å². The number of nitrogens with two attached hydrogens (primary N) is 1. The number of nitrogens with zero attached hydrogens (tertiary/aromatic N) is 2. The Labute approximate surface area is 154 Å². The SMILES string of the molecule is CN(CC(C)(C)CN)C(=O)c1ccc(S(=O)(=O)N2CCNC(=O)C2)cc1. The van der Waals surface area contributed by atoms with E-state index in [1.54, 1.807) is 11.9 Å². The van der Waals surface area contributed by atoms with Crippen LogP contribution in [0.25, 0.3) is 0 Å². The standard InChI is InChI=1S/C17H26N4O4S/c1-17(2,11-18)12-20(3)16(23)13-4-6-14(7-5-13)26(24,25)21-9-8-19-15(22)10-21/h4-7H,8-12,18H2,1-3H3,(H,19,22). The van der Waals surface area contributed by atoms with Crippen molar-refractivity contribution >= 4 is 21.8 Å². The first-order valence-electron chi connectivity index (χ1n) is 8.39. The van der Waals surface area contributed by atoms with Crippen molar-refractivity contribution in [2.45, 2.75) is 18.7 Å². The number of rotatable bonds is 6. The third-order valence-corrected chi connectivity index (χ3v) is 6.17. The summed E-state index contributed by atoms with van der Waals surface area (Å²) in [6.07, 6.45) is 0. The van der Waals surface area contributed by atoms with Gasteiger partial charge in [0.05, 0.1) is 11.4 Å². The summed E-state index contributed by atoms with van der Waals surface area (Å²) in [4.78, 5) is 25.6. The summed E-state index contributed by atoms with van der Waals surface area (Å²) in [5, 5.41) is 2.59. The Kier molecular flexibility index (Phi) is 6.05. The van der Waals surface area contributed by atoms with Crippen LogP contribution in [0.1, 0.15) is 24.2 Å². The quantitative estimate of drug-likeness (QED) is 0.711. The number of carbonyl (C=O) groups is 2. The fourth-order valence-electron chi connectivity index (χ4n) is 2.74. The number of piperazine rings is 1. The van der Waals surface area contributed by atoms with Crippen LogP contribution in [-0.2, 0) is 14.8 Å². The van der Waals surface area contributed by atoms with E-state index in [-0.39, 0.29) is 41.8 Å². The van der Waals surface area contributed by atoms with Crippen LogP contribution in [0.5, 0.6) is 0 Å². The summed E-state index contributed by atoms with van der Waals surface area (Å²) < 4.78 is 26.4. The number of sulfonamides is 1. The Hall–Kier alpha value is -1.97. The molecule has 1 fully saturated rings. The van der Waals surface area contributed by atoms with Gasteiger partial charge in [-0.05, 0) is 36.2 Å². The lowest BCUT2D eigenvalue weighted by atomic mass is 9.93. The van der Waals surface area contributed by atoms with Gasteiger partial charge in [0.1, 0.15) is 0 Å². The Balaban J connectivity index is 2.14. The van der Waals surface area contributed by atoms with E-state index in [2.05, 4.69) is 5.32 Å². The Morgan fingerprint density at radius 1 is 1.31 bits per heavy atom. The molecule has 0 radical (unpaired) electrons. The summed E-state index contributed by atoms with van der Waals surface area (Å²) in [6, 6.07) is 5.78. The van der Waals surface area contributed by atoms with Gasteiger partial charge in [-0.15, -0.1) is 0 Å². The van der Waals surface area contributed by atoms with Crippen LogP contribution in [0.4, 0.5) is 0 Å². The first-order valence-corrected chi connectivity index (χ1v) is 9.83. The molecule has 0 spiro atoms. The van der Waals surface area contributed by atoms with E-state index in [1.165, 1.54) is 24.3 Å². The predicted octanol–water partition coefficient (Wildman–Crippen LogP) is -0.136. The van der Waals surface area contributed by atoms with Crippen molar-refractivity contribution in [3.8, 4) is 0 Å². The summed E-state index contributed by atoms with van der Waals surface area (Å²) in [5.41, 5.74) is 5.90. The fourth-order valence-corrected chi connectivity index (χ4v) is 4.13. The van der Waals surface area contributed by atoms with Crippen molar-refractivity contribution in [2.24, 2.45) is 11.1 Å². The Morgan fingerprint density at radius 2 is 1.92 bits per heavy atom. The largest absolute Gasteiger partial charge is 0.354 e. The van der Waals surface area contributed by atoms with E-state index >= 15 is 0 Å². The Bertz CT molecular complexity index is 774. The lowest BCUT2D eigenvalue weighted by Gasteiger charge is -2.29. The molecule has 144 valence electrons. The van der Waals surface area contributed by atoms with E-state index in [1.807, 2.05) is 13.8 Å². The summed E-state index contributed by atoms with van der Waals surface area (Å²) in [6.45, 7) is 5.21. The van der Waals surface area contributed by atoms with Gasteiger partial charge in [-0.25, -0.2) is 8.42 Å². The average molecular weight is 382 g/mol. The maximum Gasteiger partial charge on any atom is 0.253 e. The molecule has 2 amide bonds. The number of carbonyl (C=O) groups excluding carboxylic acids is 2. The molecule has 1 heterocycles. The zero-order chi connectivity index (χ0) is 19.5. The molecule has 0 unspecified atom stereocenters. The van der Waals surface area contributed by atoms with Gasteiger partial charge in [-0.2, -0.15) is 4.31 Å². The van der Waals surface area contributed by atoms with Crippen molar-refractivity contribution in [3.05, 3.63) is 29.8 Å². The molecule has 1 aliphatic rings. The van der Waals surface area contributed by atoms with Crippen LogP contribution in [0.3, 0.4) is 0 Å². The number of amides is 2. The molecular weight excluding hydrogens is 356 g/mol. The predicted molar refractivity (Wildman–Crippen MR) is 98.0 cm³/mol. The van der Waals surface area contributed by atoms with E-state index < -0.39 is 10.0 Å². The minimum absolute atomic E-state index is 0.0636. The molecule has 0 bridgehead atoms. The lowest BCUT2D eigenvalue weighted by molar-refractivity contribution is -0.122. The van der Waals surface area contributed by atoms with Crippen LogP contribution in [0.2, 0.25) is 0 Å². The van der Waals surface area contributed by atoms with Crippen molar-refractivity contribution in [3.63, 3.8) is 0 Å². The highest BCUT2D eigenvalue weighted by atomic mass is 32.2. The van der Waals surface area contributed by atoms with Gasteiger partial charge in [0, 0.05) is 32.2 Å². The number of hydrogen-bond acceptors (Lipinski definition) is 5. The topological polar surface area (TPSA) is 113 Å². The van der Waals surface area contributed by atoms with Crippen molar-refractivity contribution in [1.29, 1.82) is 0 Å². The number of nitrogens with one attached hydrogen (secondary N) is 1. The first kappa shape index (κ1) is 20.3. The van der Waals surface area contributed by atoms with Crippen molar-refractivity contribution in [1.82, 2.24) is 14.5 Å². The third kappa shape index (κ3) is 4.60. The maximum absolute atomic E-state index is 12.6. The van der Waals surface area contributed by atoms with Gasteiger partial charge in [-0.3, -0.25) is 9.59 Å². The molecule has 0 aliphatic carbocycles. The molecule has 1 saturated heterocycles. The summed E-state index contributed by atoms with van der Waals surface area (Å²) in [5.74, 6) is -0.524. The molecule has 8 nitrogen and oxygen atoms in total. The molecule has 1 aromatic rings. The molecular formula is C17H26N4O4S. The van der Waals surface area contributed by atoms with Crippen LogP contribution in [0.15, 0.2) is 29.2 Å². The molecule has 26 heavy (non-hydrogen) atoms. The van der Waals surface area contributed by atoms with Crippen LogP contribution in [-0.4, -0.2) is 69.2 Å². The highest BCUT2D eigenvalue weighted by Gasteiger charge is 2.29. The van der Waals surface area contributed by atoms with E-state index in [0.717, 1.165) is 4.31 Å². The molecule has 0 atom stereocenters. The number of benzene rings is 1. The van der Waals surface area contributed by atoms with Gasteiger partial charge in [0.25, 0.3) is 5.91 Å². The molecule has 0 saturated carbocycles. The monoisotopic (exact) mass is 382 g/mol. The molecule has 3 N–H and O–H groups in total. The van der Waals surface area contributed by atoms with Crippen molar-refractivity contribution in [2.75, 3.05) is 39.8 Å². The van der Waals surface area contributed by atoms with E-state index in [0.29, 0.717) is 18.7 Å². The zero-order valence-corrected chi connectivity index (χ0v) is 16.2. The highest BCUT2D eigenvalue weighted by molar-refractivity contribution is 7.89. The summed E-state index contributed by atoms with van der Waals surface area (Å²) in [7, 11) is -2.07. The van der Waals surface area contributed by atoms with E-state index in [9.17, 15) is 18.0 Å². The van der Waals surface area contributed by atoms with Gasteiger partial charge >= 0.3 is 0 Å². The lowest BCUT2D eigenvalue weighted by Crippen LogP contribution is -2.49.